The molecule has 4 N–H and O–H groups in total. The standard InChI is InChI=1S/C21H21ClNO7P/c1-23-7-6-12(18(10-23)30-31(27)28)19-14(24)8-15(25)20-16(26)9-17(29-21(19)20)11-4-2-3-5-13(11)22/h2-5,8-9,12,18,24-25,27-28H,6-7,10H2,1H3. The van der Waals surface area contributed by atoms with Crippen molar-refractivity contribution in [2.75, 3.05) is 20.1 Å². The van der Waals surface area contributed by atoms with Gasteiger partial charge in [0.15, 0.2) is 5.43 Å². The molecular formula is C21H21ClNO7P. The number of nitrogens with zero attached hydrogens (tertiary/aromatic N) is 1. The first kappa shape index (κ1) is 22.0. The van der Waals surface area contributed by atoms with E-state index in [4.69, 9.17) is 20.5 Å². The Morgan fingerprint density at radius 1 is 1.19 bits per heavy atom. The molecule has 1 aromatic heterocycles. The topological polar surface area (TPSA) is 124 Å². The number of likely N-dealkylation sites (N-methyl/N-ethyl adjacent to an activating group) is 1. The van der Waals surface area contributed by atoms with E-state index in [9.17, 15) is 24.8 Å². The van der Waals surface area contributed by atoms with Gasteiger partial charge in [0.1, 0.15) is 28.2 Å². The molecule has 0 amide bonds. The molecule has 0 spiro atoms. The third-order valence-electron chi connectivity index (χ3n) is 5.50. The van der Waals surface area contributed by atoms with Crippen molar-refractivity contribution >= 4 is 31.2 Å². The maximum Gasteiger partial charge on any atom is 0.327 e. The molecule has 164 valence electrons. The van der Waals surface area contributed by atoms with Crippen molar-refractivity contribution in [2.24, 2.45) is 0 Å². The van der Waals surface area contributed by atoms with Crippen molar-refractivity contribution in [1.82, 2.24) is 4.90 Å². The summed E-state index contributed by atoms with van der Waals surface area (Å²) in [5.74, 6) is -1.000. The van der Waals surface area contributed by atoms with Gasteiger partial charge in [-0.3, -0.25) is 4.79 Å². The largest absolute Gasteiger partial charge is 0.507 e. The van der Waals surface area contributed by atoms with E-state index in [1.165, 1.54) is 6.07 Å². The molecule has 2 atom stereocenters. The van der Waals surface area contributed by atoms with Crippen LogP contribution in [0.2, 0.25) is 5.02 Å². The van der Waals surface area contributed by atoms with Crippen molar-refractivity contribution in [3.63, 3.8) is 0 Å². The van der Waals surface area contributed by atoms with Crippen molar-refractivity contribution in [2.45, 2.75) is 18.4 Å². The number of phenolic OH excluding ortho intramolecular Hbond substituents is 2. The molecule has 2 heterocycles. The maximum atomic E-state index is 12.9. The molecule has 0 aliphatic carbocycles. The molecule has 1 saturated heterocycles. The van der Waals surface area contributed by atoms with Crippen LogP contribution in [-0.2, 0) is 4.52 Å². The number of phenols is 2. The van der Waals surface area contributed by atoms with E-state index in [2.05, 4.69) is 0 Å². The van der Waals surface area contributed by atoms with E-state index in [1.807, 2.05) is 11.9 Å². The van der Waals surface area contributed by atoms with E-state index < -0.39 is 31.8 Å². The van der Waals surface area contributed by atoms with Gasteiger partial charge in [-0.25, -0.2) is 0 Å². The minimum absolute atomic E-state index is 0.0169. The number of aromatic hydroxyl groups is 2. The van der Waals surface area contributed by atoms with Crippen LogP contribution in [0.4, 0.5) is 0 Å². The molecule has 1 aliphatic rings. The van der Waals surface area contributed by atoms with Gasteiger partial charge in [-0.05, 0) is 32.1 Å². The lowest BCUT2D eigenvalue weighted by Crippen LogP contribution is -2.41. The number of benzene rings is 2. The minimum Gasteiger partial charge on any atom is -0.507 e. The van der Waals surface area contributed by atoms with Gasteiger partial charge in [0.05, 0.1) is 11.1 Å². The van der Waals surface area contributed by atoms with Crippen LogP contribution in [0.5, 0.6) is 11.5 Å². The van der Waals surface area contributed by atoms with E-state index in [1.54, 1.807) is 24.3 Å². The summed E-state index contributed by atoms with van der Waals surface area (Å²) in [6.45, 7) is 1.02. The molecule has 2 aromatic carbocycles. The SMILES string of the molecule is CN1CCC(c2c(O)cc(O)c3c(=O)cc(-c4ccccc4Cl)oc23)C(OP(O)O)C1. The summed E-state index contributed by atoms with van der Waals surface area (Å²) in [5, 5.41) is 21.4. The van der Waals surface area contributed by atoms with Crippen molar-refractivity contribution < 1.29 is 28.9 Å². The molecule has 4 rings (SSSR count). The van der Waals surface area contributed by atoms with Gasteiger partial charge >= 0.3 is 8.60 Å². The molecule has 1 fully saturated rings. The van der Waals surface area contributed by atoms with Crippen LogP contribution in [0.15, 0.2) is 45.6 Å². The van der Waals surface area contributed by atoms with Crippen LogP contribution >= 0.6 is 20.2 Å². The third-order valence-corrected chi connectivity index (χ3v) is 6.29. The molecule has 0 radical (unpaired) electrons. The normalized spacial score (nSPS) is 19.9. The average Bonchev–Trinajstić information content (AvgIpc) is 2.68. The molecule has 10 heteroatoms. The first-order valence-electron chi connectivity index (χ1n) is 9.57. The Morgan fingerprint density at radius 2 is 1.94 bits per heavy atom. The lowest BCUT2D eigenvalue weighted by Gasteiger charge is -2.37. The zero-order chi connectivity index (χ0) is 22.3. The molecule has 0 saturated carbocycles. The summed E-state index contributed by atoms with van der Waals surface area (Å²) < 4.78 is 11.4. The summed E-state index contributed by atoms with van der Waals surface area (Å²) in [5.41, 5.74) is 0.284. The molecule has 1 aliphatic heterocycles. The Kier molecular flexibility index (Phi) is 6.21. The number of hydrogen-bond acceptors (Lipinski definition) is 8. The lowest BCUT2D eigenvalue weighted by molar-refractivity contribution is 0.0711. The fraction of sp³-hybridized carbons (Fsp3) is 0.286. The lowest BCUT2D eigenvalue weighted by atomic mass is 9.85. The zero-order valence-electron chi connectivity index (χ0n) is 16.5. The van der Waals surface area contributed by atoms with Crippen molar-refractivity contribution in [1.29, 1.82) is 0 Å². The van der Waals surface area contributed by atoms with Crippen molar-refractivity contribution in [3.8, 4) is 22.8 Å². The predicted octanol–water partition coefficient (Wildman–Crippen LogP) is 3.54. The second-order valence-corrected chi connectivity index (χ2v) is 8.66. The monoisotopic (exact) mass is 465 g/mol. The quantitative estimate of drug-likeness (QED) is 0.431. The Balaban J connectivity index is 1.96. The summed E-state index contributed by atoms with van der Waals surface area (Å²) in [6, 6.07) is 9.19. The van der Waals surface area contributed by atoms with Crippen molar-refractivity contribution in [3.05, 3.63) is 57.2 Å². The maximum absolute atomic E-state index is 12.9. The third kappa shape index (κ3) is 4.28. The summed E-state index contributed by atoms with van der Waals surface area (Å²) in [7, 11) is -0.770. The highest BCUT2D eigenvalue weighted by Crippen LogP contribution is 2.45. The summed E-state index contributed by atoms with van der Waals surface area (Å²) in [4.78, 5) is 33.7. The van der Waals surface area contributed by atoms with Gasteiger partial charge < -0.3 is 33.8 Å². The fourth-order valence-corrected chi connectivity index (χ4v) is 4.79. The van der Waals surface area contributed by atoms with Crippen LogP contribution in [0, 0.1) is 0 Å². The van der Waals surface area contributed by atoms with Gasteiger partial charge in [0.2, 0.25) is 0 Å². The van der Waals surface area contributed by atoms with Crippen LogP contribution in [-0.4, -0.2) is 51.1 Å². The second-order valence-electron chi connectivity index (χ2n) is 7.54. The minimum atomic E-state index is -2.64. The number of rotatable bonds is 4. The van der Waals surface area contributed by atoms with E-state index >= 15 is 0 Å². The molecule has 8 nitrogen and oxygen atoms in total. The first-order chi connectivity index (χ1) is 14.8. The fourth-order valence-electron chi connectivity index (χ4n) is 4.10. The molecule has 0 bridgehead atoms. The van der Waals surface area contributed by atoms with Crippen LogP contribution in [0.3, 0.4) is 0 Å². The second kappa shape index (κ2) is 8.74. The average molecular weight is 466 g/mol. The van der Waals surface area contributed by atoms with Gasteiger partial charge in [-0.1, -0.05) is 23.7 Å². The number of fused-ring (bicyclic) bond motifs is 1. The number of likely N-dealkylation sites (tertiary alicyclic amines) is 1. The molecular weight excluding hydrogens is 445 g/mol. The molecule has 2 unspecified atom stereocenters. The van der Waals surface area contributed by atoms with Crippen LogP contribution in [0.25, 0.3) is 22.3 Å². The summed E-state index contributed by atoms with van der Waals surface area (Å²) in [6.07, 6.45) is -0.176. The Labute approximate surface area is 183 Å². The Bertz CT molecular complexity index is 1180. The van der Waals surface area contributed by atoms with E-state index in [-0.39, 0.29) is 28.0 Å². The van der Waals surface area contributed by atoms with Gasteiger partial charge in [-0.2, -0.15) is 0 Å². The van der Waals surface area contributed by atoms with E-state index in [0.29, 0.717) is 30.1 Å². The van der Waals surface area contributed by atoms with Gasteiger partial charge in [0.25, 0.3) is 0 Å². The summed E-state index contributed by atoms with van der Waals surface area (Å²) >= 11 is 6.27. The van der Waals surface area contributed by atoms with Crippen LogP contribution in [0.1, 0.15) is 17.9 Å². The Morgan fingerprint density at radius 3 is 2.65 bits per heavy atom. The van der Waals surface area contributed by atoms with Gasteiger partial charge in [-0.15, -0.1) is 0 Å². The first-order valence-corrected chi connectivity index (χ1v) is 11.1. The van der Waals surface area contributed by atoms with Crippen LogP contribution < -0.4 is 5.43 Å². The smallest absolute Gasteiger partial charge is 0.327 e. The highest BCUT2D eigenvalue weighted by atomic mass is 35.5. The zero-order valence-corrected chi connectivity index (χ0v) is 18.2. The Hall–Kier alpha value is -2.19. The van der Waals surface area contributed by atoms with Gasteiger partial charge in [0, 0.05) is 35.7 Å². The molecule has 31 heavy (non-hydrogen) atoms. The highest BCUT2D eigenvalue weighted by molar-refractivity contribution is 7.39. The number of piperidine rings is 1. The number of halogens is 1. The highest BCUT2D eigenvalue weighted by Gasteiger charge is 2.36. The predicted molar refractivity (Wildman–Crippen MR) is 117 cm³/mol. The number of hydrogen-bond donors (Lipinski definition) is 4. The molecule has 3 aromatic rings. The van der Waals surface area contributed by atoms with E-state index in [0.717, 1.165) is 6.07 Å².